The maximum atomic E-state index is 14.1. The lowest BCUT2D eigenvalue weighted by Crippen LogP contribution is -2.38. The molecule has 2 rings (SSSR count). The van der Waals surface area contributed by atoms with Gasteiger partial charge in [0.1, 0.15) is 22.8 Å². The van der Waals surface area contributed by atoms with Gasteiger partial charge in [-0.05, 0) is 38.1 Å². The Bertz CT molecular complexity index is 602. The molecule has 2 aromatic rings. The zero-order chi connectivity index (χ0) is 15.5. The van der Waals surface area contributed by atoms with E-state index in [0.717, 1.165) is 12.1 Å². The Hall–Kier alpha value is -2.17. The van der Waals surface area contributed by atoms with Crippen LogP contribution in [-0.4, -0.2) is 12.6 Å². The summed E-state index contributed by atoms with van der Waals surface area (Å²) in [5.74, 6) is -1.80. The fraction of sp³-hybridized carbons (Fsp3) is 0.312. The number of esters is 1. The van der Waals surface area contributed by atoms with Gasteiger partial charge in [-0.25, -0.2) is 8.78 Å². The molecule has 1 heterocycles. The number of carbonyl (C=O) groups is 1. The molecule has 0 bridgehead atoms. The van der Waals surface area contributed by atoms with Crippen LogP contribution >= 0.6 is 0 Å². The Morgan fingerprint density at radius 2 is 1.90 bits per heavy atom. The van der Waals surface area contributed by atoms with Gasteiger partial charge in [-0.1, -0.05) is 6.07 Å². The molecule has 0 aliphatic rings. The Morgan fingerprint density at radius 1 is 1.24 bits per heavy atom. The molecule has 3 nitrogen and oxygen atoms in total. The van der Waals surface area contributed by atoms with Crippen molar-refractivity contribution in [3.05, 3.63) is 59.6 Å². The molecular formula is C16H16F2O3. The minimum atomic E-state index is -1.50. The van der Waals surface area contributed by atoms with Gasteiger partial charge in [0.2, 0.25) is 0 Å². The molecule has 1 aromatic heterocycles. The Labute approximate surface area is 121 Å². The molecule has 0 N–H and O–H groups in total. The van der Waals surface area contributed by atoms with Crippen LogP contribution in [0, 0.1) is 11.6 Å². The topological polar surface area (TPSA) is 39.4 Å². The van der Waals surface area contributed by atoms with Gasteiger partial charge in [0.05, 0.1) is 12.9 Å². The summed E-state index contributed by atoms with van der Waals surface area (Å²) in [4.78, 5) is 12.3. The highest BCUT2D eigenvalue weighted by Gasteiger charge is 2.42. The SMILES string of the molecule is CCOC(=O)C(C)(Cc1ccco1)c1c(F)cccc1F. The second-order valence-corrected chi connectivity index (χ2v) is 4.91. The van der Waals surface area contributed by atoms with E-state index < -0.39 is 23.0 Å². The van der Waals surface area contributed by atoms with Crippen molar-refractivity contribution in [3.63, 3.8) is 0 Å². The minimum Gasteiger partial charge on any atom is -0.469 e. The number of halogens is 2. The first-order valence-electron chi connectivity index (χ1n) is 6.63. The molecule has 0 saturated carbocycles. The summed E-state index contributed by atoms with van der Waals surface area (Å²) >= 11 is 0. The van der Waals surface area contributed by atoms with E-state index in [4.69, 9.17) is 9.15 Å². The molecule has 0 aliphatic heterocycles. The smallest absolute Gasteiger partial charge is 0.316 e. The van der Waals surface area contributed by atoms with E-state index in [0.29, 0.717) is 5.76 Å². The molecular weight excluding hydrogens is 278 g/mol. The number of hydrogen-bond donors (Lipinski definition) is 0. The van der Waals surface area contributed by atoms with Crippen LogP contribution in [0.2, 0.25) is 0 Å². The van der Waals surface area contributed by atoms with Crippen LogP contribution < -0.4 is 0 Å². The summed E-state index contributed by atoms with van der Waals surface area (Å²) in [7, 11) is 0. The molecule has 21 heavy (non-hydrogen) atoms. The van der Waals surface area contributed by atoms with Crippen molar-refractivity contribution >= 4 is 5.97 Å². The zero-order valence-electron chi connectivity index (χ0n) is 11.9. The van der Waals surface area contributed by atoms with Crippen LogP contribution in [0.15, 0.2) is 41.0 Å². The second kappa shape index (κ2) is 6.08. The summed E-state index contributed by atoms with van der Waals surface area (Å²) in [6, 6.07) is 6.80. The van der Waals surface area contributed by atoms with Crippen molar-refractivity contribution in [1.29, 1.82) is 0 Å². The van der Waals surface area contributed by atoms with Crippen LogP contribution in [-0.2, 0) is 21.4 Å². The highest BCUT2D eigenvalue weighted by Crippen LogP contribution is 2.33. The van der Waals surface area contributed by atoms with Crippen molar-refractivity contribution < 1.29 is 22.7 Å². The third-order valence-electron chi connectivity index (χ3n) is 3.35. The fourth-order valence-electron chi connectivity index (χ4n) is 2.34. The van der Waals surface area contributed by atoms with E-state index in [9.17, 15) is 13.6 Å². The summed E-state index contributed by atoms with van der Waals surface area (Å²) < 4.78 is 38.4. The first-order chi connectivity index (χ1) is 9.99. The average Bonchev–Trinajstić information content (AvgIpc) is 2.91. The normalized spacial score (nSPS) is 13.7. The van der Waals surface area contributed by atoms with Crippen molar-refractivity contribution in [2.45, 2.75) is 25.7 Å². The van der Waals surface area contributed by atoms with Crippen molar-refractivity contribution in [2.75, 3.05) is 6.61 Å². The largest absolute Gasteiger partial charge is 0.469 e. The van der Waals surface area contributed by atoms with Gasteiger partial charge in [0.25, 0.3) is 0 Å². The summed E-state index contributed by atoms with van der Waals surface area (Å²) in [6.07, 6.45) is 1.45. The van der Waals surface area contributed by atoms with Gasteiger partial charge >= 0.3 is 5.97 Å². The molecule has 112 valence electrons. The lowest BCUT2D eigenvalue weighted by atomic mass is 9.78. The number of benzene rings is 1. The van der Waals surface area contributed by atoms with Crippen LogP contribution in [0.4, 0.5) is 8.78 Å². The van der Waals surface area contributed by atoms with Gasteiger partial charge < -0.3 is 9.15 Å². The lowest BCUT2D eigenvalue weighted by molar-refractivity contribution is -0.149. The van der Waals surface area contributed by atoms with Gasteiger partial charge in [0, 0.05) is 12.0 Å². The Kier molecular flexibility index (Phi) is 4.40. The van der Waals surface area contributed by atoms with E-state index in [1.54, 1.807) is 19.1 Å². The lowest BCUT2D eigenvalue weighted by Gasteiger charge is -2.27. The molecule has 0 amide bonds. The summed E-state index contributed by atoms with van der Waals surface area (Å²) in [6.45, 7) is 3.22. The first kappa shape index (κ1) is 15.2. The molecule has 5 heteroatoms. The van der Waals surface area contributed by atoms with Gasteiger partial charge in [-0.2, -0.15) is 0 Å². The first-order valence-corrected chi connectivity index (χ1v) is 6.63. The quantitative estimate of drug-likeness (QED) is 0.791. The van der Waals surface area contributed by atoms with Gasteiger partial charge in [-0.15, -0.1) is 0 Å². The monoisotopic (exact) mass is 294 g/mol. The predicted octanol–water partition coefficient (Wildman–Crippen LogP) is 3.62. The van der Waals surface area contributed by atoms with Crippen LogP contribution in [0.3, 0.4) is 0 Å². The van der Waals surface area contributed by atoms with E-state index in [1.807, 2.05) is 0 Å². The molecule has 1 atom stereocenters. The van der Waals surface area contributed by atoms with Crippen molar-refractivity contribution in [2.24, 2.45) is 0 Å². The van der Waals surface area contributed by atoms with E-state index in [2.05, 4.69) is 0 Å². The third-order valence-corrected chi connectivity index (χ3v) is 3.35. The van der Waals surface area contributed by atoms with E-state index in [-0.39, 0.29) is 18.6 Å². The van der Waals surface area contributed by atoms with Crippen LogP contribution in [0.1, 0.15) is 25.2 Å². The predicted molar refractivity (Wildman–Crippen MR) is 72.8 cm³/mol. The van der Waals surface area contributed by atoms with Crippen molar-refractivity contribution in [3.8, 4) is 0 Å². The van der Waals surface area contributed by atoms with E-state index in [1.165, 1.54) is 19.3 Å². The molecule has 0 radical (unpaired) electrons. The Morgan fingerprint density at radius 3 is 2.43 bits per heavy atom. The maximum Gasteiger partial charge on any atom is 0.316 e. The maximum absolute atomic E-state index is 14.1. The molecule has 1 unspecified atom stereocenters. The van der Waals surface area contributed by atoms with Crippen LogP contribution in [0.5, 0.6) is 0 Å². The Balaban J connectivity index is 2.52. The molecule has 0 fully saturated rings. The molecule has 1 aromatic carbocycles. The zero-order valence-corrected chi connectivity index (χ0v) is 11.9. The highest BCUT2D eigenvalue weighted by atomic mass is 19.1. The molecule has 0 saturated heterocycles. The van der Waals surface area contributed by atoms with Gasteiger partial charge in [0.15, 0.2) is 0 Å². The third kappa shape index (κ3) is 2.96. The summed E-state index contributed by atoms with van der Waals surface area (Å²) in [5.41, 5.74) is -1.80. The minimum absolute atomic E-state index is 0.0106. The number of rotatable bonds is 5. The van der Waals surface area contributed by atoms with Crippen LogP contribution in [0.25, 0.3) is 0 Å². The number of ether oxygens (including phenoxy) is 1. The second-order valence-electron chi connectivity index (χ2n) is 4.91. The molecule has 0 aliphatic carbocycles. The average molecular weight is 294 g/mol. The number of hydrogen-bond acceptors (Lipinski definition) is 3. The van der Waals surface area contributed by atoms with Crippen molar-refractivity contribution in [1.82, 2.24) is 0 Å². The van der Waals surface area contributed by atoms with Gasteiger partial charge in [-0.3, -0.25) is 4.79 Å². The fourth-order valence-corrected chi connectivity index (χ4v) is 2.34. The van der Waals surface area contributed by atoms with E-state index >= 15 is 0 Å². The molecule has 0 spiro atoms. The standard InChI is InChI=1S/C16H16F2O3/c1-3-20-15(19)16(2,10-11-6-5-9-21-11)14-12(17)7-4-8-13(14)18/h4-9H,3,10H2,1-2H3. The number of carbonyl (C=O) groups excluding carboxylic acids is 1. The highest BCUT2D eigenvalue weighted by molar-refractivity contribution is 5.83. The number of furan rings is 1. The summed E-state index contributed by atoms with van der Waals surface area (Å²) in [5, 5.41) is 0.